The number of rotatable bonds is 7. The molecule has 0 aromatic carbocycles. The van der Waals surface area contributed by atoms with Gasteiger partial charge in [-0.3, -0.25) is 4.90 Å². The van der Waals surface area contributed by atoms with Crippen LogP contribution in [0.3, 0.4) is 0 Å². The maximum atomic E-state index is 11.4. The van der Waals surface area contributed by atoms with E-state index in [4.69, 9.17) is 14.6 Å². The molecule has 17 heavy (non-hydrogen) atoms. The zero-order valence-corrected chi connectivity index (χ0v) is 10.4. The molecule has 1 atom stereocenters. The third kappa shape index (κ3) is 5.91. The van der Waals surface area contributed by atoms with E-state index in [1.54, 1.807) is 13.8 Å². The van der Waals surface area contributed by atoms with Gasteiger partial charge in [-0.15, -0.1) is 0 Å². The van der Waals surface area contributed by atoms with Crippen LogP contribution in [0.15, 0.2) is 12.7 Å². The molecule has 0 fully saturated rings. The number of nitrogens with zero attached hydrogens (tertiary/aromatic N) is 1. The highest BCUT2D eigenvalue weighted by molar-refractivity contribution is 5.80. The predicted octanol–water partition coefficient (Wildman–Crippen LogP) is 1.12. The Kier molecular flexibility index (Phi) is 6.97. The minimum atomic E-state index is -1.14. The lowest BCUT2D eigenvalue weighted by Crippen LogP contribution is -2.46. The predicted molar refractivity (Wildman–Crippen MR) is 61.8 cm³/mol. The normalized spacial score (nSPS) is 12.0. The van der Waals surface area contributed by atoms with Crippen LogP contribution in [-0.4, -0.2) is 54.5 Å². The first kappa shape index (κ1) is 15.4. The van der Waals surface area contributed by atoms with Gasteiger partial charge in [-0.05, 0) is 13.8 Å². The first-order valence-corrected chi connectivity index (χ1v) is 5.25. The van der Waals surface area contributed by atoms with Crippen LogP contribution in [0.5, 0.6) is 0 Å². The molecule has 0 saturated carbocycles. The lowest BCUT2D eigenvalue weighted by atomic mass is 10.3. The number of carbonyl (C=O) groups is 2. The van der Waals surface area contributed by atoms with Crippen LogP contribution in [0.4, 0.5) is 4.79 Å². The molecule has 0 aliphatic carbocycles. The summed E-state index contributed by atoms with van der Waals surface area (Å²) in [7, 11) is 1.36. The van der Waals surface area contributed by atoms with Crippen molar-refractivity contribution in [3.63, 3.8) is 0 Å². The monoisotopic (exact) mass is 245 g/mol. The van der Waals surface area contributed by atoms with Crippen LogP contribution >= 0.6 is 0 Å². The van der Waals surface area contributed by atoms with Gasteiger partial charge >= 0.3 is 12.1 Å². The Morgan fingerprint density at radius 2 is 2.06 bits per heavy atom. The van der Waals surface area contributed by atoms with Gasteiger partial charge in [-0.25, -0.2) is 9.59 Å². The molecule has 1 amide bonds. The lowest BCUT2D eigenvalue weighted by Gasteiger charge is -2.24. The summed E-state index contributed by atoms with van der Waals surface area (Å²) >= 11 is 0. The van der Waals surface area contributed by atoms with Gasteiger partial charge in [0.1, 0.15) is 6.61 Å². The molecule has 98 valence electrons. The number of hydrogen-bond donors (Lipinski definition) is 1. The Labute approximate surface area is 101 Å². The van der Waals surface area contributed by atoms with E-state index in [0.717, 1.165) is 4.90 Å². The fourth-order valence-corrected chi connectivity index (χ4v) is 0.992. The molecule has 1 unspecified atom stereocenters. The minimum Gasteiger partial charge on any atom is -0.480 e. The molecule has 0 aromatic rings. The third-order valence-corrected chi connectivity index (χ3v) is 1.95. The van der Waals surface area contributed by atoms with E-state index in [-0.39, 0.29) is 19.3 Å². The maximum Gasteiger partial charge on any atom is 0.410 e. The van der Waals surface area contributed by atoms with Gasteiger partial charge in [0.05, 0.1) is 12.7 Å². The van der Waals surface area contributed by atoms with Crippen molar-refractivity contribution in [3.8, 4) is 0 Å². The number of aliphatic carboxylic acids is 1. The molecule has 0 aliphatic heterocycles. The number of amides is 1. The molecule has 1 N–H and O–H groups in total. The smallest absolute Gasteiger partial charge is 0.410 e. The van der Waals surface area contributed by atoms with E-state index in [2.05, 4.69) is 6.58 Å². The lowest BCUT2D eigenvalue weighted by molar-refractivity contribution is -0.145. The van der Waals surface area contributed by atoms with E-state index in [9.17, 15) is 9.59 Å². The second-order valence-electron chi connectivity index (χ2n) is 3.71. The Hall–Kier alpha value is -1.56. The summed E-state index contributed by atoms with van der Waals surface area (Å²) in [5, 5.41) is 8.98. The van der Waals surface area contributed by atoms with Gasteiger partial charge in [-0.1, -0.05) is 12.7 Å². The minimum absolute atomic E-state index is 0.0422. The molecule has 6 heteroatoms. The van der Waals surface area contributed by atoms with E-state index < -0.39 is 18.1 Å². The van der Waals surface area contributed by atoms with Crippen LogP contribution in [-0.2, 0) is 14.3 Å². The van der Waals surface area contributed by atoms with Crippen molar-refractivity contribution in [3.05, 3.63) is 12.7 Å². The van der Waals surface area contributed by atoms with Crippen LogP contribution in [0.25, 0.3) is 0 Å². The summed E-state index contributed by atoms with van der Waals surface area (Å²) < 4.78 is 9.93. The molecule has 0 heterocycles. The first-order chi connectivity index (χ1) is 7.90. The molecule has 0 rings (SSSR count). The van der Waals surface area contributed by atoms with E-state index >= 15 is 0 Å². The highest BCUT2D eigenvalue weighted by atomic mass is 16.6. The third-order valence-electron chi connectivity index (χ3n) is 1.95. The maximum absolute atomic E-state index is 11.4. The molecule has 0 saturated heterocycles. The van der Waals surface area contributed by atoms with Crippen LogP contribution in [0, 0.1) is 0 Å². The van der Waals surface area contributed by atoms with Gasteiger partial charge in [0.25, 0.3) is 0 Å². The van der Waals surface area contributed by atoms with Crippen molar-refractivity contribution in [2.45, 2.75) is 26.0 Å². The van der Waals surface area contributed by atoms with Crippen LogP contribution in [0.1, 0.15) is 13.8 Å². The average molecular weight is 245 g/mol. The average Bonchev–Trinajstić information content (AvgIpc) is 2.24. The van der Waals surface area contributed by atoms with E-state index in [0.29, 0.717) is 0 Å². The second-order valence-corrected chi connectivity index (χ2v) is 3.71. The Bertz CT molecular complexity index is 277. The Balaban J connectivity index is 4.42. The Morgan fingerprint density at radius 1 is 1.47 bits per heavy atom. The number of ether oxygens (including phenoxy) is 2. The zero-order valence-electron chi connectivity index (χ0n) is 10.4. The number of carboxylic acids is 1. The van der Waals surface area contributed by atoms with E-state index in [1.165, 1.54) is 13.1 Å². The van der Waals surface area contributed by atoms with Gasteiger partial charge in [-0.2, -0.15) is 0 Å². The molecule has 0 aromatic heterocycles. The SMILES string of the molecule is C=CCOC(=O)N(C)C(COC(C)C)C(=O)O. The van der Waals surface area contributed by atoms with Crippen LogP contribution < -0.4 is 0 Å². The number of carboxylic acid groups (broad SMARTS) is 1. The van der Waals surface area contributed by atoms with Gasteiger partial charge in [0.2, 0.25) is 0 Å². The van der Waals surface area contributed by atoms with Crippen molar-refractivity contribution in [1.82, 2.24) is 4.90 Å². The highest BCUT2D eigenvalue weighted by Crippen LogP contribution is 2.03. The molecule has 0 aliphatic rings. The summed E-state index contributed by atoms with van der Waals surface area (Å²) in [5.41, 5.74) is 0. The van der Waals surface area contributed by atoms with Crippen molar-refractivity contribution in [2.75, 3.05) is 20.3 Å². The van der Waals surface area contributed by atoms with Gasteiger partial charge in [0, 0.05) is 7.05 Å². The summed E-state index contributed by atoms with van der Waals surface area (Å²) in [4.78, 5) is 23.4. The molecule has 6 nitrogen and oxygen atoms in total. The van der Waals surface area contributed by atoms with Crippen molar-refractivity contribution >= 4 is 12.1 Å². The standard InChI is InChI=1S/C11H19NO5/c1-5-6-16-11(15)12(4)9(10(13)14)7-17-8(2)3/h5,8-9H,1,6-7H2,2-4H3,(H,13,14). The summed E-state index contributed by atoms with van der Waals surface area (Å²) in [6.45, 7) is 6.93. The largest absolute Gasteiger partial charge is 0.480 e. The second kappa shape index (κ2) is 7.67. The summed E-state index contributed by atoms with van der Waals surface area (Å²) in [6.07, 6.45) is 0.589. The quantitative estimate of drug-likeness (QED) is 0.680. The van der Waals surface area contributed by atoms with Crippen LogP contribution in [0.2, 0.25) is 0 Å². The van der Waals surface area contributed by atoms with Gasteiger partial charge in [0.15, 0.2) is 6.04 Å². The molecule has 0 bridgehead atoms. The molecule has 0 spiro atoms. The molecular formula is C11H19NO5. The first-order valence-electron chi connectivity index (χ1n) is 5.25. The Morgan fingerprint density at radius 3 is 2.47 bits per heavy atom. The van der Waals surface area contributed by atoms with Gasteiger partial charge < -0.3 is 14.6 Å². The van der Waals surface area contributed by atoms with Crippen molar-refractivity contribution < 1.29 is 24.2 Å². The number of hydrogen-bond acceptors (Lipinski definition) is 4. The van der Waals surface area contributed by atoms with Crippen molar-refractivity contribution in [1.29, 1.82) is 0 Å². The number of likely N-dealkylation sites (N-methyl/N-ethyl adjacent to an activating group) is 1. The number of carbonyl (C=O) groups excluding carboxylic acids is 1. The highest BCUT2D eigenvalue weighted by Gasteiger charge is 2.28. The summed E-state index contributed by atoms with van der Waals surface area (Å²) in [5.74, 6) is -1.14. The molecular weight excluding hydrogens is 226 g/mol. The zero-order chi connectivity index (χ0) is 13.4. The topological polar surface area (TPSA) is 76.1 Å². The molecule has 0 radical (unpaired) electrons. The fourth-order valence-electron chi connectivity index (χ4n) is 0.992. The van der Waals surface area contributed by atoms with E-state index in [1.807, 2.05) is 0 Å². The summed E-state index contributed by atoms with van der Waals surface area (Å²) in [6, 6.07) is -1.06. The fraction of sp³-hybridized carbons (Fsp3) is 0.636. The van der Waals surface area contributed by atoms with Crippen molar-refractivity contribution in [2.24, 2.45) is 0 Å².